The van der Waals surface area contributed by atoms with E-state index in [-0.39, 0.29) is 6.61 Å². The van der Waals surface area contributed by atoms with Crippen LogP contribution in [0.4, 0.5) is 0 Å². The van der Waals surface area contributed by atoms with Gasteiger partial charge in [0.15, 0.2) is 0 Å². The maximum absolute atomic E-state index is 8.69. The molecule has 9 heavy (non-hydrogen) atoms. The van der Waals surface area contributed by atoms with Crippen LogP contribution in [-0.4, -0.2) is 45.8 Å². The van der Waals surface area contributed by atoms with Crippen LogP contribution in [0.25, 0.3) is 0 Å². The Hall–Kier alpha value is -0.160. The van der Waals surface area contributed by atoms with Gasteiger partial charge in [0.25, 0.3) is 0 Å². The van der Waals surface area contributed by atoms with E-state index in [2.05, 4.69) is 0 Å². The molecular formula is C5H11O4. The molecule has 0 bridgehead atoms. The third kappa shape index (κ3) is 3.42. The highest BCUT2D eigenvalue weighted by Crippen LogP contribution is 1.94. The first-order chi connectivity index (χ1) is 4.22. The van der Waals surface area contributed by atoms with E-state index >= 15 is 0 Å². The molecule has 2 unspecified atom stereocenters. The van der Waals surface area contributed by atoms with Crippen LogP contribution >= 0.6 is 0 Å². The number of hydrogen-bond acceptors (Lipinski definition) is 4. The van der Waals surface area contributed by atoms with Gasteiger partial charge in [0, 0.05) is 13.0 Å². The highest BCUT2D eigenvalue weighted by atomic mass is 16.4. The van der Waals surface area contributed by atoms with E-state index in [9.17, 15) is 0 Å². The van der Waals surface area contributed by atoms with Crippen molar-refractivity contribution < 1.29 is 20.4 Å². The first-order valence-electron chi connectivity index (χ1n) is 2.63. The fraction of sp³-hybridized carbons (Fsp3) is 0.800. The van der Waals surface area contributed by atoms with Gasteiger partial charge in [0.2, 0.25) is 0 Å². The minimum absolute atomic E-state index is 0.307. The van der Waals surface area contributed by atoms with Gasteiger partial charge in [0.1, 0.15) is 6.10 Å². The van der Waals surface area contributed by atoms with Crippen LogP contribution in [0.15, 0.2) is 0 Å². The van der Waals surface area contributed by atoms with Crippen molar-refractivity contribution in [1.82, 2.24) is 0 Å². The molecule has 0 aromatic rings. The lowest BCUT2D eigenvalue weighted by atomic mass is 10.1. The van der Waals surface area contributed by atoms with Crippen molar-refractivity contribution in [1.29, 1.82) is 0 Å². The molecule has 4 heteroatoms. The van der Waals surface area contributed by atoms with Crippen LogP contribution in [0.3, 0.4) is 0 Å². The Morgan fingerprint density at radius 1 is 1.22 bits per heavy atom. The average molecular weight is 135 g/mol. The van der Waals surface area contributed by atoms with Crippen LogP contribution < -0.4 is 0 Å². The van der Waals surface area contributed by atoms with Crippen molar-refractivity contribution in [3.8, 4) is 0 Å². The Balaban J connectivity index is 3.32. The molecule has 0 saturated heterocycles. The quantitative estimate of drug-likeness (QED) is 0.356. The summed E-state index contributed by atoms with van der Waals surface area (Å²) in [5, 5.41) is 33.7. The highest BCUT2D eigenvalue weighted by Gasteiger charge is 2.13. The van der Waals surface area contributed by atoms with Crippen molar-refractivity contribution in [3.63, 3.8) is 0 Å². The molecule has 0 fully saturated rings. The molecule has 0 heterocycles. The van der Waals surface area contributed by atoms with Gasteiger partial charge in [0.05, 0.1) is 12.7 Å². The standard InChI is InChI=1S/C5H11O4/c6-2-1-4(8)5(9)3-7/h1,4-9H,2-3H2. The molecular weight excluding hydrogens is 124 g/mol. The number of aliphatic hydroxyl groups excluding tert-OH is 4. The molecule has 0 aliphatic carbocycles. The summed E-state index contributed by atoms with van der Waals surface area (Å²) in [5.41, 5.74) is 0. The van der Waals surface area contributed by atoms with Gasteiger partial charge in [-0.2, -0.15) is 0 Å². The van der Waals surface area contributed by atoms with Crippen LogP contribution in [0.2, 0.25) is 0 Å². The number of rotatable bonds is 4. The largest absolute Gasteiger partial charge is 0.396 e. The summed E-state index contributed by atoms with van der Waals surface area (Å²) in [6, 6.07) is 0. The summed E-state index contributed by atoms with van der Waals surface area (Å²) >= 11 is 0. The second kappa shape index (κ2) is 4.69. The average Bonchev–Trinajstić information content (AvgIpc) is 1.87. The Labute approximate surface area is 53.4 Å². The Kier molecular flexibility index (Phi) is 4.61. The maximum atomic E-state index is 8.69. The molecule has 0 rings (SSSR count). The van der Waals surface area contributed by atoms with Crippen LogP contribution in [0.1, 0.15) is 0 Å². The molecule has 4 N–H and O–H groups in total. The molecule has 0 spiro atoms. The minimum atomic E-state index is -1.18. The Bertz CT molecular complexity index is 66.0. The fourth-order valence-electron chi connectivity index (χ4n) is 0.373. The lowest BCUT2D eigenvalue weighted by molar-refractivity contribution is -0.00222. The first kappa shape index (κ1) is 8.84. The molecule has 0 aromatic carbocycles. The van der Waals surface area contributed by atoms with Gasteiger partial charge in [-0.3, -0.25) is 0 Å². The zero-order valence-electron chi connectivity index (χ0n) is 4.94. The monoisotopic (exact) mass is 135 g/mol. The maximum Gasteiger partial charge on any atom is 0.103 e. The van der Waals surface area contributed by atoms with E-state index in [0.29, 0.717) is 0 Å². The predicted octanol–water partition coefficient (Wildman–Crippen LogP) is -2.10. The lowest BCUT2D eigenvalue weighted by Gasteiger charge is -2.12. The molecule has 2 atom stereocenters. The zero-order valence-corrected chi connectivity index (χ0v) is 4.94. The molecule has 1 radical (unpaired) electrons. The van der Waals surface area contributed by atoms with Gasteiger partial charge >= 0.3 is 0 Å². The summed E-state index contributed by atoms with van der Waals surface area (Å²) in [4.78, 5) is 0. The van der Waals surface area contributed by atoms with E-state index in [4.69, 9.17) is 20.4 Å². The van der Waals surface area contributed by atoms with Gasteiger partial charge < -0.3 is 20.4 Å². The summed E-state index contributed by atoms with van der Waals surface area (Å²) < 4.78 is 0. The van der Waals surface area contributed by atoms with Crippen LogP contribution in [0, 0.1) is 6.42 Å². The summed E-state index contributed by atoms with van der Waals surface area (Å²) in [6.07, 6.45) is -1.22. The fourth-order valence-corrected chi connectivity index (χ4v) is 0.373. The van der Waals surface area contributed by atoms with Crippen LogP contribution in [-0.2, 0) is 0 Å². The van der Waals surface area contributed by atoms with Crippen LogP contribution in [0.5, 0.6) is 0 Å². The summed E-state index contributed by atoms with van der Waals surface area (Å²) in [7, 11) is 0. The summed E-state index contributed by atoms with van der Waals surface area (Å²) in [5.74, 6) is 0. The van der Waals surface area contributed by atoms with E-state index in [0.717, 1.165) is 6.42 Å². The second-order valence-corrected chi connectivity index (χ2v) is 1.66. The molecule has 55 valence electrons. The van der Waals surface area contributed by atoms with Gasteiger partial charge in [-0.15, -0.1) is 0 Å². The smallest absolute Gasteiger partial charge is 0.103 e. The van der Waals surface area contributed by atoms with E-state index in [1.165, 1.54) is 0 Å². The molecule has 0 aliphatic heterocycles. The normalized spacial score (nSPS) is 17.3. The Morgan fingerprint density at radius 2 is 1.78 bits per heavy atom. The van der Waals surface area contributed by atoms with Gasteiger partial charge in [-0.05, 0) is 0 Å². The highest BCUT2D eigenvalue weighted by molar-refractivity contribution is 4.80. The van der Waals surface area contributed by atoms with Crippen molar-refractivity contribution in [3.05, 3.63) is 6.42 Å². The van der Waals surface area contributed by atoms with Crippen molar-refractivity contribution >= 4 is 0 Å². The van der Waals surface area contributed by atoms with Gasteiger partial charge in [-0.25, -0.2) is 0 Å². The molecule has 0 amide bonds. The van der Waals surface area contributed by atoms with Crippen molar-refractivity contribution in [2.24, 2.45) is 0 Å². The van der Waals surface area contributed by atoms with Crippen molar-refractivity contribution in [2.45, 2.75) is 12.2 Å². The SMILES string of the molecule is OC[CH]C(O)C(O)CO. The van der Waals surface area contributed by atoms with Gasteiger partial charge in [-0.1, -0.05) is 0 Å². The number of hydrogen-bond donors (Lipinski definition) is 4. The predicted molar refractivity (Wildman–Crippen MR) is 30.5 cm³/mol. The lowest BCUT2D eigenvalue weighted by Crippen LogP contribution is -2.30. The molecule has 0 saturated carbocycles. The molecule has 0 aromatic heterocycles. The third-order valence-corrected chi connectivity index (χ3v) is 0.928. The van der Waals surface area contributed by atoms with E-state index in [1.54, 1.807) is 0 Å². The van der Waals surface area contributed by atoms with E-state index in [1.807, 2.05) is 0 Å². The zero-order chi connectivity index (χ0) is 7.28. The second-order valence-electron chi connectivity index (χ2n) is 1.66. The molecule has 4 nitrogen and oxygen atoms in total. The summed E-state index contributed by atoms with van der Waals surface area (Å²) in [6.45, 7) is -0.810. The Morgan fingerprint density at radius 3 is 2.11 bits per heavy atom. The third-order valence-electron chi connectivity index (χ3n) is 0.928. The first-order valence-corrected chi connectivity index (χ1v) is 2.63. The van der Waals surface area contributed by atoms with E-state index < -0.39 is 18.8 Å². The topological polar surface area (TPSA) is 80.9 Å². The number of aliphatic hydroxyl groups is 4. The molecule has 0 aliphatic rings. The van der Waals surface area contributed by atoms with Crippen molar-refractivity contribution in [2.75, 3.05) is 13.2 Å². The minimum Gasteiger partial charge on any atom is -0.396 e.